The summed E-state index contributed by atoms with van der Waals surface area (Å²) in [7, 11) is 0. The molecule has 0 saturated carbocycles. The quantitative estimate of drug-likeness (QED) is 0.536. The highest BCUT2D eigenvalue weighted by Crippen LogP contribution is 2.28. The Labute approximate surface area is 153 Å². The van der Waals surface area contributed by atoms with Crippen molar-refractivity contribution in [2.24, 2.45) is 0 Å². The summed E-state index contributed by atoms with van der Waals surface area (Å²) in [5.74, 6) is 0. The monoisotopic (exact) mass is 367 g/mol. The first-order valence-electron chi connectivity index (χ1n) is 7.87. The van der Waals surface area contributed by atoms with E-state index in [1.165, 1.54) is 17.1 Å². The van der Waals surface area contributed by atoms with E-state index in [2.05, 4.69) is 21.5 Å². The molecule has 6 heteroatoms. The smallest absolute Gasteiger partial charge is 0.272 e. The van der Waals surface area contributed by atoms with Crippen LogP contribution in [0.15, 0.2) is 65.7 Å². The maximum atomic E-state index is 12.7. The predicted octanol–water partition coefficient (Wildman–Crippen LogP) is 4.42. The molecule has 0 aliphatic rings. The molecule has 4 nitrogen and oxygen atoms in total. The van der Waals surface area contributed by atoms with Crippen LogP contribution in [-0.4, -0.2) is 13.9 Å². The van der Waals surface area contributed by atoms with Gasteiger partial charge in [0.25, 0.3) is 5.56 Å². The first-order chi connectivity index (χ1) is 12.2. The van der Waals surface area contributed by atoms with E-state index in [1.54, 1.807) is 10.9 Å². The Kier molecular flexibility index (Phi) is 4.34. The molecule has 2 heterocycles. The lowest BCUT2D eigenvalue weighted by atomic mass is 10.1. The van der Waals surface area contributed by atoms with Gasteiger partial charge in [-0.2, -0.15) is 4.37 Å². The van der Waals surface area contributed by atoms with Crippen molar-refractivity contribution in [2.45, 2.75) is 13.0 Å². The highest BCUT2D eigenvalue weighted by atomic mass is 35.5. The Bertz CT molecular complexity index is 1070. The topological polar surface area (TPSA) is 47.8 Å². The maximum absolute atomic E-state index is 12.7. The lowest BCUT2D eigenvalue weighted by molar-refractivity contribution is 0.663. The zero-order valence-electron chi connectivity index (χ0n) is 13.2. The standard InChI is InChI=1S/C19H14ClN3OS/c20-15-8-6-14(7-9-15)16-17-18(25-22-16)19(24)23(12-21-17)11-10-13-4-2-1-3-5-13/h1-9,12H,10-11H2. The van der Waals surface area contributed by atoms with Crippen LogP contribution in [0.1, 0.15) is 5.56 Å². The van der Waals surface area contributed by atoms with Gasteiger partial charge < -0.3 is 0 Å². The van der Waals surface area contributed by atoms with E-state index < -0.39 is 0 Å². The first kappa shape index (κ1) is 16.0. The van der Waals surface area contributed by atoms with Crippen molar-refractivity contribution in [3.8, 4) is 11.3 Å². The second-order valence-corrected chi connectivity index (χ2v) is 6.90. The molecule has 0 saturated heterocycles. The van der Waals surface area contributed by atoms with Crippen molar-refractivity contribution in [2.75, 3.05) is 0 Å². The molecule has 0 aliphatic carbocycles. The molecule has 0 spiro atoms. The summed E-state index contributed by atoms with van der Waals surface area (Å²) in [4.78, 5) is 17.2. The van der Waals surface area contributed by atoms with E-state index in [1.807, 2.05) is 42.5 Å². The van der Waals surface area contributed by atoms with Gasteiger partial charge in [-0.3, -0.25) is 9.36 Å². The summed E-state index contributed by atoms with van der Waals surface area (Å²) in [5.41, 5.74) is 3.43. The van der Waals surface area contributed by atoms with Crippen LogP contribution >= 0.6 is 23.1 Å². The minimum Gasteiger partial charge on any atom is -0.298 e. The lowest BCUT2D eigenvalue weighted by Gasteiger charge is -2.05. The molecular weight excluding hydrogens is 354 g/mol. The van der Waals surface area contributed by atoms with Crippen molar-refractivity contribution >= 4 is 33.4 Å². The minimum absolute atomic E-state index is 0.0429. The van der Waals surface area contributed by atoms with Crippen LogP contribution in [0.3, 0.4) is 0 Å². The van der Waals surface area contributed by atoms with E-state index in [0.29, 0.717) is 21.8 Å². The second-order valence-electron chi connectivity index (χ2n) is 5.69. The molecule has 4 aromatic rings. The molecule has 0 aliphatic heterocycles. The van der Waals surface area contributed by atoms with E-state index in [0.717, 1.165) is 17.7 Å². The molecule has 0 radical (unpaired) electrons. The number of halogens is 1. The van der Waals surface area contributed by atoms with E-state index >= 15 is 0 Å². The molecule has 0 atom stereocenters. The van der Waals surface area contributed by atoms with Gasteiger partial charge in [-0.25, -0.2) is 4.98 Å². The van der Waals surface area contributed by atoms with Gasteiger partial charge in [0, 0.05) is 17.1 Å². The van der Waals surface area contributed by atoms with Crippen LogP contribution in [0.2, 0.25) is 5.02 Å². The molecule has 124 valence electrons. The van der Waals surface area contributed by atoms with Crippen molar-refractivity contribution in [1.82, 2.24) is 13.9 Å². The Balaban J connectivity index is 1.67. The number of fused-ring (bicyclic) bond motifs is 1. The normalized spacial score (nSPS) is 11.1. The van der Waals surface area contributed by atoms with Gasteiger partial charge in [0.1, 0.15) is 15.9 Å². The number of hydrogen-bond acceptors (Lipinski definition) is 4. The third-order valence-corrected chi connectivity index (χ3v) is 5.13. The SMILES string of the molecule is O=c1c2snc(-c3ccc(Cl)cc3)c2ncn1CCc1ccccc1. The number of rotatable bonds is 4. The summed E-state index contributed by atoms with van der Waals surface area (Å²) in [6.07, 6.45) is 2.40. The molecule has 2 aromatic carbocycles. The Morgan fingerprint density at radius 1 is 1.04 bits per heavy atom. The summed E-state index contributed by atoms with van der Waals surface area (Å²) < 4.78 is 6.67. The lowest BCUT2D eigenvalue weighted by Crippen LogP contribution is -2.20. The van der Waals surface area contributed by atoms with Gasteiger partial charge in [0.15, 0.2) is 0 Å². The average Bonchev–Trinajstić information content (AvgIpc) is 3.08. The van der Waals surface area contributed by atoms with E-state index in [-0.39, 0.29) is 5.56 Å². The first-order valence-corrected chi connectivity index (χ1v) is 9.02. The van der Waals surface area contributed by atoms with Gasteiger partial charge in [-0.05, 0) is 35.6 Å². The van der Waals surface area contributed by atoms with Crippen molar-refractivity contribution < 1.29 is 0 Å². The minimum atomic E-state index is -0.0429. The van der Waals surface area contributed by atoms with E-state index in [9.17, 15) is 4.79 Å². The number of aryl methyl sites for hydroxylation is 2. The molecule has 0 N–H and O–H groups in total. The van der Waals surface area contributed by atoms with Crippen molar-refractivity contribution in [3.63, 3.8) is 0 Å². The second kappa shape index (κ2) is 6.78. The van der Waals surface area contributed by atoms with Crippen LogP contribution in [0, 0.1) is 0 Å². The predicted molar refractivity (Wildman–Crippen MR) is 102 cm³/mol. The van der Waals surface area contributed by atoms with Crippen LogP contribution in [0.25, 0.3) is 21.5 Å². The molecule has 0 unspecified atom stereocenters. The van der Waals surface area contributed by atoms with Gasteiger partial charge in [0.05, 0.1) is 6.33 Å². The molecule has 4 rings (SSSR count). The number of benzene rings is 2. The summed E-state index contributed by atoms with van der Waals surface area (Å²) >= 11 is 7.13. The fourth-order valence-electron chi connectivity index (χ4n) is 2.71. The Morgan fingerprint density at radius 3 is 2.56 bits per heavy atom. The molecule has 2 aromatic heterocycles. The summed E-state index contributed by atoms with van der Waals surface area (Å²) in [6.45, 7) is 0.597. The molecule has 0 amide bonds. The van der Waals surface area contributed by atoms with Crippen molar-refractivity contribution in [3.05, 3.63) is 81.9 Å². The highest BCUT2D eigenvalue weighted by Gasteiger charge is 2.14. The number of hydrogen-bond donors (Lipinski definition) is 0. The van der Waals surface area contributed by atoms with Gasteiger partial charge in [-0.15, -0.1) is 0 Å². The zero-order chi connectivity index (χ0) is 17.2. The fourth-order valence-corrected chi connectivity index (χ4v) is 3.64. The van der Waals surface area contributed by atoms with Crippen LogP contribution in [0.5, 0.6) is 0 Å². The average molecular weight is 368 g/mol. The molecule has 0 fully saturated rings. The molecular formula is C19H14ClN3OS. The molecule has 0 bridgehead atoms. The Morgan fingerprint density at radius 2 is 1.80 bits per heavy atom. The third-order valence-electron chi connectivity index (χ3n) is 4.05. The number of nitrogens with zero attached hydrogens (tertiary/aromatic N) is 3. The van der Waals surface area contributed by atoms with Crippen LogP contribution < -0.4 is 5.56 Å². The summed E-state index contributed by atoms with van der Waals surface area (Å²) in [5, 5.41) is 0.666. The van der Waals surface area contributed by atoms with Crippen LogP contribution in [0.4, 0.5) is 0 Å². The Hall–Kier alpha value is -2.50. The maximum Gasteiger partial charge on any atom is 0.272 e. The van der Waals surface area contributed by atoms with E-state index in [4.69, 9.17) is 11.6 Å². The summed E-state index contributed by atoms with van der Waals surface area (Å²) in [6, 6.07) is 17.5. The molecule has 25 heavy (non-hydrogen) atoms. The van der Waals surface area contributed by atoms with Gasteiger partial charge in [-0.1, -0.05) is 54.1 Å². The number of aromatic nitrogens is 3. The third kappa shape index (κ3) is 3.21. The fraction of sp³-hybridized carbons (Fsp3) is 0.105. The van der Waals surface area contributed by atoms with Gasteiger partial charge in [0.2, 0.25) is 0 Å². The highest BCUT2D eigenvalue weighted by molar-refractivity contribution is 7.13. The zero-order valence-corrected chi connectivity index (χ0v) is 14.8. The van der Waals surface area contributed by atoms with Crippen LogP contribution in [-0.2, 0) is 13.0 Å². The van der Waals surface area contributed by atoms with Crippen molar-refractivity contribution in [1.29, 1.82) is 0 Å². The largest absolute Gasteiger partial charge is 0.298 e. The van der Waals surface area contributed by atoms with Gasteiger partial charge >= 0.3 is 0 Å².